The number of nitrogens with two attached hydrogens (primary N) is 1. The summed E-state index contributed by atoms with van der Waals surface area (Å²) < 4.78 is 0. The average molecular weight is 267 g/mol. The molecule has 1 aliphatic heterocycles. The molecule has 6 nitrogen and oxygen atoms in total. The van der Waals surface area contributed by atoms with E-state index in [0.29, 0.717) is 6.42 Å². The van der Waals surface area contributed by atoms with Gasteiger partial charge in [0.2, 0.25) is 17.7 Å². The van der Waals surface area contributed by atoms with E-state index in [1.165, 1.54) is 4.90 Å². The Hall–Kier alpha value is -1.43. The zero-order chi connectivity index (χ0) is 14.0. The fourth-order valence-electron chi connectivity index (χ4n) is 2.90. The number of imide groups is 1. The van der Waals surface area contributed by atoms with Gasteiger partial charge in [-0.1, -0.05) is 6.92 Å². The van der Waals surface area contributed by atoms with Gasteiger partial charge in [-0.15, -0.1) is 0 Å². The van der Waals surface area contributed by atoms with Gasteiger partial charge >= 0.3 is 0 Å². The molecular formula is C13H21N3O3. The number of hydrogen-bond donors (Lipinski definition) is 2. The molecule has 1 aliphatic carbocycles. The molecular weight excluding hydrogens is 246 g/mol. The maximum Gasteiger partial charge on any atom is 0.249 e. The van der Waals surface area contributed by atoms with Crippen molar-refractivity contribution in [2.24, 2.45) is 11.7 Å². The van der Waals surface area contributed by atoms with Crippen LogP contribution in [-0.2, 0) is 14.4 Å². The van der Waals surface area contributed by atoms with Crippen LogP contribution < -0.4 is 11.1 Å². The maximum atomic E-state index is 12.5. The Morgan fingerprint density at radius 3 is 2.53 bits per heavy atom. The smallest absolute Gasteiger partial charge is 0.249 e. The van der Waals surface area contributed by atoms with Crippen molar-refractivity contribution in [2.75, 3.05) is 6.54 Å². The first-order valence-electron chi connectivity index (χ1n) is 6.92. The summed E-state index contributed by atoms with van der Waals surface area (Å²) in [6.45, 7) is 1.84. The van der Waals surface area contributed by atoms with Gasteiger partial charge in [0.05, 0.1) is 0 Å². The van der Waals surface area contributed by atoms with Gasteiger partial charge in [-0.3, -0.25) is 19.7 Å². The minimum Gasteiger partial charge on any atom is -0.328 e. The summed E-state index contributed by atoms with van der Waals surface area (Å²) >= 11 is 0. The van der Waals surface area contributed by atoms with Crippen LogP contribution in [0, 0.1) is 5.92 Å². The number of carbonyl (C=O) groups excluding carboxylic acids is 3. The molecule has 0 aromatic heterocycles. The van der Waals surface area contributed by atoms with E-state index >= 15 is 0 Å². The van der Waals surface area contributed by atoms with E-state index in [1.54, 1.807) is 0 Å². The second-order valence-corrected chi connectivity index (χ2v) is 5.41. The third kappa shape index (κ3) is 2.94. The molecule has 3 N–H and O–H groups in total. The van der Waals surface area contributed by atoms with Crippen LogP contribution in [0.15, 0.2) is 0 Å². The third-order valence-electron chi connectivity index (χ3n) is 4.05. The minimum absolute atomic E-state index is 0.00830. The standard InChI is InChI=1S/C13H21N3O3/c1-2-10-12(18)15-11(17)7-16(10)13(19)8-3-5-9(14)6-4-8/h8-10H,2-7,14H2,1H3,(H,15,17,18). The SMILES string of the molecule is CCC1C(=O)NC(=O)CN1C(=O)C1CCC(N)CC1. The molecule has 2 aliphatic rings. The number of hydrogen-bond acceptors (Lipinski definition) is 4. The van der Waals surface area contributed by atoms with Crippen LogP contribution in [0.1, 0.15) is 39.0 Å². The van der Waals surface area contributed by atoms with Crippen molar-refractivity contribution in [1.29, 1.82) is 0 Å². The molecule has 1 saturated carbocycles. The van der Waals surface area contributed by atoms with Gasteiger partial charge in [0.25, 0.3) is 0 Å². The van der Waals surface area contributed by atoms with Crippen LogP contribution in [0.25, 0.3) is 0 Å². The Balaban J connectivity index is 2.07. The van der Waals surface area contributed by atoms with E-state index in [-0.39, 0.29) is 30.3 Å². The number of rotatable bonds is 2. The van der Waals surface area contributed by atoms with Gasteiger partial charge in [0.15, 0.2) is 0 Å². The quantitative estimate of drug-likeness (QED) is 0.676. The molecule has 0 aromatic rings. The lowest BCUT2D eigenvalue weighted by Gasteiger charge is -2.37. The first kappa shape index (κ1) is 14.0. The normalized spacial score (nSPS) is 32.1. The zero-order valence-electron chi connectivity index (χ0n) is 11.2. The molecule has 6 heteroatoms. The van der Waals surface area contributed by atoms with E-state index in [9.17, 15) is 14.4 Å². The van der Waals surface area contributed by atoms with Gasteiger partial charge in [0, 0.05) is 12.0 Å². The predicted molar refractivity (Wildman–Crippen MR) is 68.9 cm³/mol. The molecule has 0 spiro atoms. The predicted octanol–water partition coefficient (Wildman–Crippen LogP) is -0.232. The first-order valence-corrected chi connectivity index (χ1v) is 6.92. The van der Waals surface area contributed by atoms with Crippen LogP contribution >= 0.6 is 0 Å². The molecule has 106 valence electrons. The highest BCUT2D eigenvalue weighted by molar-refractivity contribution is 6.04. The molecule has 19 heavy (non-hydrogen) atoms. The second-order valence-electron chi connectivity index (χ2n) is 5.41. The highest BCUT2D eigenvalue weighted by Gasteiger charge is 2.38. The summed E-state index contributed by atoms with van der Waals surface area (Å²) in [5, 5.41) is 2.28. The summed E-state index contributed by atoms with van der Waals surface area (Å²) in [5.74, 6) is -0.912. The van der Waals surface area contributed by atoms with Crippen molar-refractivity contribution in [3.8, 4) is 0 Å². The summed E-state index contributed by atoms with van der Waals surface area (Å²) in [6.07, 6.45) is 3.70. The van der Waals surface area contributed by atoms with Crippen molar-refractivity contribution in [2.45, 2.75) is 51.1 Å². The van der Waals surface area contributed by atoms with Gasteiger partial charge in [-0.2, -0.15) is 0 Å². The number of nitrogens with zero attached hydrogens (tertiary/aromatic N) is 1. The molecule has 2 fully saturated rings. The fraction of sp³-hybridized carbons (Fsp3) is 0.769. The van der Waals surface area contributed by atoms with Crippen molar-refractivity contribution >= 4 is 17.7 Å². The van der Waals surface area contributed by atoms with Crippen LogP contribution in [0.5, 0.6) is 0 Å². The lowest BCUT2D eigenvalue weighted by molar-refractivity contribution is -0.153. The third-order valence-corrected chi connectivity index (χ3v) is 4.05. The second kappa shape index (κ2) is 5.69. The van der Waals surface area contributed by atoms with Crippen LogP contribution in [0.3, 0.4) is 0 Å². The van der Waals surface area contributed by atoms with E-state index in [0.717, 1.165) is 25.7 Å². The molecule has 3 amide bonds. The van der Waals surface area contributed by atoms with Gasteiger partial charge < -0.3 is 10.6 Å². The molecule has 1 saturated heterocycles. The zero-order valence-corrected chi connectivity index (χ0v) is 11.2. The van der Waals surface area contributed by atoms with E-state index in [4.69, 9.17) is 5.73 Å². The first-order chi connectivity index (χ1) is 9.02. The molecule has 1 unspecified atom stereocenters. The lowest BCUT2D eigenvalue weighted by atomic mass is 9.85. The van der Waals surface area contributed by atoms with E-state index in [1.807, 2.05) is 6.92 Å². The highest BCUT2D eigenvalue weighted by Crippen LogP contribution is 2.26. The molecule has 1 atom stereocenters. The Bertz CT molecular complexity index is 389. The summed E-state index contributed by atoms with van der Waals surface area (Å²) in [4.78, 5) is 37.1. The van der Waals surface area contributed by atoms with Crippen LogP contribution in [0.2, 0.25) is 0 Å². The lowest BCUT2D eigenvalue weighted by Crippen LogP contribution is -2.60. The molecule has 0 radical (unpaired) electrons. The molecule has 0 bridgehead atoms. The van der Waals surface area contributed by atoms with Crippen LogP contribution in [0.4, 0.5) is 0 Å². The molecule has 0 aromatic carbocycles. The highest BCUT2D eigenvalue weighted by atomic mass is 16.2. The summed E-state index contributed by atoms with van der Waals surface area (Å²) in [5.41, 5.74) is 5.83. The van der Waals surface area contributed by atoms with Crippen molar-refractivity contribution < 1.29 is 14.4 Å². The number of amides is 3. The van der Waals surface area contributed by atoms with Crippen molar-refractivity contribution in [1.82, 2.24) is 10.2 Å². The summed E-state index contributed by atoms with van der Waals surface area (Å²) in [6, 6.07) is -0.335. The average Bonchev–Trinajstić information content (AvgIpc) is 2.38. The van der Waals surface area contributed by atoms with E-state index in [2.05, 4.69) is 5.32 Å². The summed E-state index contributed by atoms with van der Waals surface area (Å²) in [7, 11) is 0. The van der Waals surface area contributed by atoms with Gasteiger partial charge in [-0.05, 0) is 32.1 Å². The van der Waals surface area contributed by atoms with Crippen LogP contribution in [-0.4, -0.2) is 41.2 Å². The Kier molecular flexibility index (Phi) is 4.19. The van der Waals surface area contributed by atoms with Crippen molar-refractivity contribution in [3.63, 3.8) is 0 Å². The Morgan fingerprint density at radius 1 is 1.32 bits per heavy atom. The minimum atomic E-state index is -0.513. The monoisotopic (exact) mass is 267 g/mol. The number of nitrogens with one attached hydrogen (secondary N) is 1. The Morgan fingerprint density at radius 2 is 1.95 bits per heavy atom. The number of piperazine rings is 1. The topological polar surface area (TPSA) is 92.5 Å². The molecule has 2 rings (SSSR count). The van der Waals surface area contributed by atoms with Gasteiger partial charge in [-0.25, -0.2) is 0 Å². The maximum absolute atomic E-state index is 12.5. The Labute approximate surface area is 112 Å². The van der Waals surface area contributed by atoms with Gasteiger partial charge in [0.1, 0.15) is 12.6 Å². The molecule has 1 heterocycles. The fourth-order valence-corrected chi connectivity index (χ4v) is 2.90. The van der Waals surface area contributed by atoms with Crippen molar-refractivity contribution in [3.05, 3.63) is 0 Å². The number of carbonyl (C=O) groups is 3. The van der Waals surface area contributed by atoms with E-state index < -0.39 is 11.9 Å². The largest absolute Gasteiger partial charge is 0.328 e.